The molecule has 0 radical (unpaired) electrons. The molecule has 0 aromatic rings. The summed E-state index contributed by atoms with van der Waals surface area (Å²) in [4.78, 5) is 24.7. The molecule has 0 bridgehead atoms. The molecule has 5 heteroatoms. The number of piperidine rings is 1. The minimum Gasteiger partial charge on any atom is -0.481 e. The Bertz CT molecular complexity index is 325. The van der Waals surface area contributed by atoms with Gasteiger partial charge in [-0.15, -0.1) is 0 Å². The summed E-state index contributed by atoms with van der Waals surface area (Å²) in [6, 6.07) is 0. The van der Waals surface area contributed by atoms with Gasteiger partial charge >= 0.3 is 5.97 Å². The fraction of sp³-hybridized carbons (Fsp3) is 0.857. The van der Waals surface area contributed by atoms with Crippen LogP contribution in [-0.2, 0) is 14.3 Å². The van der Waals surface area contributed by atoms with Gasteiger partial charge in [0.25, 0.3) is 0 Å². The van der Waals surface area contributed by atoms with Crippen molar-refractivity contribution < 1.29 is 19.4 Å². The first-order valence-electron chi connectivity index (χ1n) is 7.26. The molecule has 0 aromatic carbocycles. The van der Waals surface area contributed by atoms with E-state index in [1.54, 1.807) is 0 Å². The third kappa shape index (κ3) is 4.49. The van der Waals surface area contributed by atoms with Crippen molar-refractivity contribution in [2.45, 2.75) is 51.0 Å². The number of ether oxygens (including phenoxy) is 1. The average molecular weight is 269 g/mol. The number of likely N-dealkylation sites (tertiary alicyclic amines) is 1. The van der Waals surface area contributed by atoms with Crippen LogP contribution >= 0.6 is 0 Å². The summed E-state index contributed by atoms with van der Waals surface area (Å²) >= 11 is 0. The maximum atomic E-state index is 12.2. The van der Waals surface area contributed by atoms with Crippen LogP contribution in [0, 0.1) is 5.92 Å². The van der Waals surface area contributed by atoms with Crippen LogP contribution in [0.2, 0.25) is 0 Å². The van der Waals surface area contributed by atoms with Gasteiger partial charge in [-0.2, -0.15) is 0 Å². The van der Waals surface area contributed by atoms with Gasteiger partial charge in [0.15, 0.2) is 0 Å². The van der Waals surface area contributed by atoms with E-state index in [4.69, 9.17) is 9.84 Å². The standard InChI is InChI=1S/C14H23NO4/c16-13(9-12-4-2-8-19-12)15-7-1-3-11(10-15)5-6-14(17)18/h11-12H,1-10H2,(H,17,18)/t11-,12+/m0/s1. The number of amides is 1. The van der Waals surface area contributed by atoms with Crippen LogP contribution in [0.15, 0.2) is 0 Å². The maximum Gasteiger partial charge on any atom is 0.303 e. The molecular formula is C14H23NO4. The van der Waals surface area contributed by atoms with Gasteiger partial charge < -0.3 is 14.7 Å². The third-order valence-electron chi connectivity index (χ3n) is 4.06. The van der Waals surface area contributed by atoms with Crippen molar-refractivity contribution in [3.05, 3.63) is 0 Å². The maximum absolute atomic E-state index is 12.2. The molecule has 2 heterocycles. The van der Waals surface area contributed by atoms with Crippen LogP contribution in [0.3, 0.4) is 0 Å². The van der Waals surface area contributed by atoms with Gasteiger partial charge in [0.2, 0.25) is 5.91 Å². The second-order valence-electron chi connectivity index (χ2n) is 5.62. The summed E-state index contributed by atoms with van der Waals surface area (Å²) in [6.07, 6.45) is 5.55. The Morgan fingerprint density at radius 3 is 2.79 bits per heavy atom. The Morgan fingerprint density at radius 1 is 1.26 bits per heavy atom. The molecule has 2 rings (SSSR count). The van der Waals surface area contributed by atoms with E-state index >= 15 is 0 Å². The first-order valence-corrected chi connectivity index (χ1v) is 7.26. The summed E-state index contributed by atoms with van der Waals surface area (Å²) in [5, 5.41) is 8.71. The van der Waals surface area contributed by atoms with Gasteiger partial charge in [-0.05, 0) is 38.0 Å². The van der Waals surface area contributed by atoms with E-state index in [2.05, 4.69) is 0 Å². The zero-order valence-electron chi connectivity index (χ0n) is 11.3. The number of carboxylic acids is 1. The minimum absolute atomic E-state index is 0.104. The SMILES string of the molecule is O=C(O)CC[C@@H]1CCCN(C(=O)C[C@H]2CCCO2)C1. The van der Waals surface area contributed by atoms with Gasteiger partial charge in [-0.25, -0.2) is 0 Å². The van der Waals surface area contributed by atoms with Crippen LogP contribution in [0.4, 0.5) is 0 Å². The van der Waals surface area contributed by atoms with Gasteiger partial charge in [0, 0.05) is 26.1 Å². The molecule has 2 saturated heterocycles. The molecule has 5 nitrogen and oxygen atoms in total. The van der Waals surface area contributed by atoms with Crippen LogP contribution in [0.1, 0.15) is 44.9 Å². The molecule has 1 amide bonds. The summed E-state index contributed by atoms with van der Waals surface area (Å²) in [5.41, 5.74) is 0. The van der Waals surface area contributed by atoms with Crippen LogP contribution in [0.5, 0.6) is 0 Å². The van der Waals surface area contributed by atoms with Crippen molar-refractivity contribution in [1.29, 1.82) is 0 Å². The largest absolute Gasteiger partial charge is 0.481 e. The van der Waals surface area contributed by atoms with Crippen molar-refractivity contribution in [2.24, 2.45) is 5.92 Å². The van der Waals surface area contributed by atoms with E-state index in [0.29, 0.717) is 18.8 Å². The van der Waals surface area contributed by atoms with Crippen molar-refractivity contribution in [2.75, 3.05) is 19.7 Å². The number of aliphatic carboxylic acids is 1. The number of hydrogen-bond acceptors (Lipinski definition) is 3. The second-order valence-corrected chi connectivity index (χ2v) is 5.62. The quantitative estimate of drug-likeness (QED) is 0.824. The highest BCUT2D eigenvalue weighted by Crippen LogP contribution is 2.23. The Labute approximate surface area is 113 Å². The molecule has 2 atom stereocenters. The lowest BCUT2D eigenvalue weighted by Crippen LogP contribution is -2.41. The molecular weight excluding hydrogens is 246 g/mol. The molecule has 0 aromatic heterocycles. The molecule has 0 aliphatic carbocycles. The third-order valence-corrected chi connectivity index (χ3v) is 4.06. The number of hydrogen-bond donors (Lipinski definition) is 1. The molecule has 19 heavy (non-hydrogen) atoms. The van der Waals surface area contributed by atoms with Gasteiger partial charge in [-0.3, -0.25) is 9.59 Å². The predicted molar refractivity (Wildman–Crippen MR) is 69.8 cm³/mol. The monoisotopic (exact) mass is 269 g/mol. The fourth-order valence-electron chi connectivity index (χ4n) is 2.98. The Morgan fingerprint density at radius 2 is 2.11 bits per heavy atom. The number of carbonyl (C=O) groups excluding carboxylic acids is 1. The second kappa shape index (κ2) is 6.89. The van der Waals surface area contributed by atoms with Crippen LogP contribution in [-0.4, -0.2) is 47.7 Å². The molecule has 2 aliphatic heterocycles. The highest BCUT2D eigenvalue weighted by molar-refractivity contribution is 5.76. The van der Waals surface area contributed by atoms with Crippen molar-refractivity contribution in [3.63, 3.8) is 0 Å². The van der Waals surface area contributed by atoms with Gasteiger partial charge in [0.05, 0.1) is 12.5 Å². The molecule has 0 unspecified atom stereocenters. The summed E-state index contributed by atoms with van der Waals surface area (Å²) < 4.78 is 5.49. The smallest absolute Gasteiger partial charge is 0.303 e. The number of carboxylic acid groups (broad SMARTS) is 1. The van der Waals surface area contributed by atoms with E-state index in [0.717, 1.165) is 45.4 Å². The molecule has 0 spiro atoms. The first kappa shape index (κ1) is 14.3. The number of rotatable bonds is 5. The van der Waals surface area contributed by atoms with Crippen molar-refractivity contribution in [1.82, 2.24) is 4.90 Å². The van der Waals surface area contributed by atoms with E-state index in [1.807, 2.05) is 4.90 Å². The number of nitrogens with zero attached hydrogens (tertiary/aromatic N) is 1. The molecule has 1 N–H and O–H groups in total. The van der Waals surface area contributed by atoms with Gasteiger partial charge in [-0.1, -0.05) is 0 Å². The lowest BCUT2D eigenvalue weighted by Gasteiger charge is -2.33. The topological polar surface area (TPSA) is 66.8 Å². The summed E-state index contributed by atoms with van der Waals surface area (Å²) in [6.45, 7) is 2.31. The average Bonchev–Trinajstić information content (AvgIpc) is 2.89. The summed E-state index contributed by atoms with van der Waals surface area (Å²) in [5.74, 6) is -0.229. The summed E-state index contributed by atoms with van der Waals surface area (Å²) in [7, 11) is 0. The van der Waals surface area contributed by atoms with Crippen LogP contribution in [0.25, 0.3) is 0 Å². The Kier molecular flexibility index (Phi) is 5.19. The molecule has 108 valence electrons. The van der Waals surface area contributed by atoms with Crippen LogP contribution < -0.4 is 0 Å². The minimum atomic E-state index is -0.747. The highest BCUT2D eigenvalue weighted by atomic mass is 16.5. The van der Waals surface area contributed by atoms with E-state index in [-0.39, 0.29) is 18.4 Å². The molecule has 2 aliphatic rings. The predicted octanol–water partition coefficient (Wildman–Crippen LogP) is 1.66. The van der Waals surface area contributed by atoms with Crippen molar-refractivity contribution >= 4 is 11.9 Å². The highest BCUT2D eigenvalue weighted by Gasteiger charge is 2.27. The fourth-order valence-corrected chi connectivity index (χ4v) is 2.98. The zero-order chi connectivity index (χ0) is 13.7. The normalized spacial score (nSPS) is 27.5. The van der Waals surface area contributed by atoms with E-state index in [1.165, 1.54) is 0 Å². The Balaban J connectivity index is 1.75. The molecule has 2 fully saturated rings. The lowest BCUT2D eigenvalue weighted by molar-refractivity contribution is -0.137. The van der Waals surface area contributed by atoms with E-state index < -0.39 is 5.97 Å². The first-order chi connectivity index (χ1) is 9.15. The Hall–Kier alpha value is -1.10. The van der Waals surface area contributed by atoms with Gasteiger partial charge in [0.1, 0.15) is 0 Å². The zero-order valence-corrected chi connectivity index (χ0v) is 11.3. The van der Waals surface area contributed by atoms with Crippen molar-refractivity contribution in [3.8, 4) is 0 Å². The lowest BCUT2D eigenvalue weighted by atomic mass is 9.93. The molecule has 0 saturated carbocycles. The van der Waals surface area contributed by atoms with E-state index in [9.17, 15) is 9.59 Å². The number of carbonyl (C=O) groups is 2.